The largest absolute Gasteiger partial charge is 0.487 e. The van der Waals surface area contributed by atoms with Crippen molar-refractivity contribution in [3.05, 3.63) is 53.6 Å². The minimum Gasteiger partial charge on any atom is -0.487 e. The van der Waals surface area contributed by atoms with Crippen molar-refractivity contribution in [3.63, 3.8) is 0 Å². The number of nitrogens with one attached hydrogen (secondary N) is 1. The number of alkyl halides is 3. The minimum atomic E-state index is -4.44. The number of ether oxygens (including phenoxy) is 1. The molecule has 0 aliphatic carbocycles. The van der Waals surface area contributed by atoms with Gasteiger partial charge in [-0.1, -0.05) is 43.3 Å². The molecule has 6 heteroatoms. The molecule has 2 aromatic carbocycles. The third-order valence-electron chi connectivity index (χ3n) is 4.20. The zero-order valence-electron chi connectivity index (χ0n) is 13.7. The molecule has 0 saturated carbocycles. The first kappa shape index (κ1) is 17.3. The van der Waals surface area contributed by atoms with Gasteiger partial charge in [0.2, 0.25) is 5.91 Å². The van der Waals surface area contributed by atoms with Crippen LogP contribution in [-0.4, -0.2) is 18.6 Å². The highest BCUT2D eigenvalue weighted by Gasteiger charge is 2.35. The van der Waals surface area contributed by atoms with E-state index in [1.54, 1.807) is 25.1 Å². The van der Waals surface area contributed by atoms with Crippen LogP contribution < -0.4 is 10.1 Å². The van der Waals surface area contributed by atoms with Gasteiger partial charge in [0.05, 0.1) is 12.1 Å². The molecule has 1 aliphatic rings. The van der Waals surface area contributed by atoms with Crippen molar-refractivity contribution in [3.8, 4) is 16.9 Å². The Kier molecular flexibility index (Phi) is 4.70. The van der Waals surface area contributed by atoms with E-state index in [0.29, 0.717) is 30.7 Å². The van der Waals surface area contributed by atoms with E-state index in [1.807, 2.05) is 6.07 Å². The number of hydrogen-bond donors (Lipinski definition) is 1. The summed E-state index contributed by atoms with van der Waals surface area (Å²) in [6.07, 6.45) is -3.78. The summed E-state index contributed by atoms with van der Waals surface area (Å²) < 4.78 is 45.8. The summed E-state index contributed by atoms with van der Waals surface area (Å²) in [5.41, 5.74) is 0.694. The summed E-state index contributed by atoms with van der Waals surface area (Å²) in [6, 6.07) is 10.7. The predicted molar refractivity (Wildman–Crippen MR) is 88.3 cm³/mol. The molecule has 1 unspecified atom stereocenters. The summed E-state index contributed by atoms with van der Waals surface area (Å²) >= 11 is 0. The second kappa shape index (κ2) is 6.78. The monoisotopic (exact) mass is 349 g/mol. The molecule has 132 valence electrons. The Hall–Kier alpha value is -2.50. The molecule has 2 aromatic rings. The van der Waals surface area contributed by atoms with Gasteiger partial charge in [-0.2, -0.15) is 13.2 Å². The maximum atomic E-state index is 13.3. The van der Waals surface area contributed by atoms with Crippen molar-refractivity contribution in [2.45, 2.75) is 32.0 Å². The van der Waals surface area contributed by atoms with Crippen LogP contribution in [0.3, 0.4) is 0 Å². The van der Waals surface area contributed by atoms with E-state index >= 15 is 0 Å². The van der Waals surface area contributed by atoms with Gasteiger partial charge < -0.3 is 10.1 Å². The first-order chi connectivity index (χ1) is 11.9. The van der Waals surface area contributed by atoms with Gasteiger partial charge in [-0.05, 0) is 17.2 Å². The SMILES string of the molecule is CCC(=O)NCC1Cc2cccc(-c3ccccc3C(F)(F)F)c2O1. The average molecular weight is 349 g/mol. The minimum absolute atomic E-state index is 0.0813. The number of carbonyl (C=O) groups is 1. The summed E-state index contributed by atoms with van der Waals surface area (Å²) in [5.74, 6) is 0.386. The number of para-hydroxylation sites is 1. The molecule has 0 saturated heterocycles. The lowest BCUT2D eigenvalue weighted by Gasteiger charge is -2.16. The summed E-state index contributed by atoms with van der Waals surface area (Å²) in [6.45, 7) is 2.09. The molecule has 1 amide bonds. The molecule has 3 nitrogen and oxygen atoms in total. The second-order valence-electron chi connectivity index (χ2n) is 5.94. The van der Waals surface area contributed by atoms with E-state index in [1.165, 1.54) is 12.1 Å². The van der Waals surface area contributed by atoms with Crippen LogP contribution in [0.2, 0.25) is 0 Å². The van der Waals surface area contributed by atoms with Crippen LogP contribution in [0.25, 0.3) is 11.1 Å². The molecule has 3 rings (SSSR count). The van der Waals surface area contributed by atoms with Crippen molar-refractivity contribution in [1.29, 1.82) is 0 Å². The lowest BCUT2D eigenvalue weighted by Crippen LogP contribution is -2.33. The Labute approximate surface area is 143 Å². The fourth-order valence-electron chi connectivity index (χ4n) is 2.98. The molecular weight excluding hydrogens is 331 g/mol. The Morgan fingerprint density at radius 3 is 2.60 bits per heavy atom. The molecule has 1 aliphatic heterocycles. The Balaban J connectivity index is 1.91. The molecule has 1 atom stereocenters. The molecule has 25 heavy (non-hydrogen) atoms. The van der Waals surface area contributed by atoms with E-state index in [2.05, 4.69) is 5.32 Å². The van der Waals surface area contributed by atoms with Gasteiger partial charge in [0, 0.05) is 18.4 Å². The zero-order valence-corrected chi connectivity index (χ0v) is 13.7. The van der Waals surface area contributed by atoms with Gasteiger partial charge in [-0.3, -0.25) is 4.79 Å². The summed E-state index contributed by atoms with van der Waals surface area (Å²) in [5, 5.41) is 2.76. The highest BCUT2D eigenvalue weighted by Crippen LogP contribution is 2.43. The number of rotatable bonds is 4. The maximum absolute atomic E-state index is 13.3. The number of fused-ring (bicyclic) bond motifs is 1. The first-order valence-electron chi connectivity index (χ1n) is 8.12. The molecule has 0 bridgehead atoms. The number of halogens is 3. The Bertz CT molecular complexity index is 786. The van der Waals surface area contributed by atoms with Gasteiger partial charge in [0.25, 0.3) is 0 Å². The van der Waals surface area contributed by atoms with Gasteiger partial charge in [-0.15, -0.1) is 0 Å². The van der Waals surface area contributed by atoms with E-state index < -0.39 is 11.7 Å². The predicted octanol–water partition coefficient (Wildman–Crippen LogP) is 4.20. The lowest BCUT2D eigenvalue weighted by atomic mass is 9.96. The smallest absolute Gasteiger partial charge is 0.417 e. The lowest BCUT2D eigenvalue weighted by molar-refractivity contribution is -0.137. The van der Waals surface area contributed by atoms with Crippen molar-refractivity contribution in [1.82, 2.24) is 5.32 Å². The van der Waals surface area contributed by atoms with Crippen molar-refractivity contribution >= 4 is 5.91 Å². The van der Waals surface area contributed by atoms with Crippen LogP contribution in [0.4, 0.5) is 13.2 Å². The average Bonchev–Trinajstić information content (AvgIpc) is 3.02. The number of carbonyl (C=O) groups excluding carboxylic acids is 1. The highest BCUT2D eigenvalue weighted by molar-refractivity contribution is 5.77. The van der Waals surface area contributed by atoms with Crippen LogP contribution in [-0.2, 0) is 17.4 Å². The first-order valence-corrected chi connectivity index (χ1v) is 8.12. The fourth-order valence-corrected chi connectivity index (χ4v) is 2.98. The molecule has 0 spiro atoms. The van der Waals surface area contributed by atoms with Crippen LogP contribution >= 0.6 is 0 Å². The van der Waals surface area contributed by atoms with E-state index in [0.717, 1.165) is 11.6 Å². The van der Waals surface area contributed by atoms with Gasteiger partial charge in [0.1, 0.15) is 11.9 Å². The molecular formula is C19H18F3NO2. The van der Waals surface area contributed by atoms with E-state index in [4.69, 9.17) is 4.74 Å². The number of benzene rings is 2. The fraction of sp³-hybridized carbons (Fsp3) is 0.316. The van der Waals surface area contributed by atoms with Gasteiger partial charge >= 0.3 is 6.18 Å². The zero-order chi connectivity index (χ0) is 18.0. The molecule has 0 aromatic heterocycles. The third kappa shape index (κ3) is 3.62. The van der Waals surface area contributed by atoms with Crippen LogP contribution in [0, 0.1) is 0 Å². The molecule has 0 radical (unpaired) electrons. The van der Waals surface area contributed by atoms with E-state index in [9.17, 15) is 18.0 Å². The Morgan fingerprint density at radius 1 is 1.16 bits per heavy atom. The van der Waals surface area contributed by atoms with Crippen LogP contribution in [0.1, 0.15) is 24.5 Å². The molecule has 0 fully saturated rings. The number of amides is 1. The molecule has 1 heterocycles. The normalized spacial score (nSPS) is 16.2. The Morgan fingerprint density at radius 2 is 1.88 bits per heavy atom. The van der Waals surface area contributed by atoms with Crippen molar-refractivity contribution in [2.24, 2.45) is 0 Å². The standard InChI is InChI=1S/C19H18F3NO2/c1-2-17(24)23-11-13-10-12-6-5-8-15(18(12)25-13)14-7-3-4-9-16(14)19(20,21)22/h3-9,13H,2,10-11H2,1H3,(H,23,24). The van der Waals surface area contributed by atoms with Crippen LogP contribution in [0.15, 0.2) is 42.5 Å². The third-order valence-corrected chi connectivity index (χ3v) is 4.20. The highest BCUT2D eigenvalue weighted by atomic mass is 19.4. The van der Waals surface area contributed by atoms with Crippen molar-refractivity contribution < 1.29 is 22.7 Å². The summed E-state index contributed by atoms with van der Waals surface area (Å²) in [7, 11) is 0. The van der Waals surface area contributed by atoms with Gasteiger partial charge in [0.15, 0.2) is 0 Å². The quantitative estimate of drug-likeness (QED) is 0.898. The maximum Gasteiger partial charge on any atom is 0.417 e. The summed E-state index contributed by atoms with van der Waals surface area (Å²) in [4.78, 5) is 11.4. The topological polar surface area (TPSA) is 38.3 Å². The van der Waals surface area contributed by atoms with Crippen molar-refractivity contribution in [2.75, 3.05) is 6.54 Å². The van der Waals surface area contributed by atoms with Gasteiger partial charge in [-0.25, -0.2) is 0 Å². The number of hydrogen-bond acceptors (Lipinski definition) is 2. The second-order valence-corrected chi connectivity index (χ2v) is 5.94. The van der Waals surface area contributed by atoms with Crippen LogP contribution in [0.5, 0.6) is 5.75 Å². The molecule has 1 N–H and O–H groups in total. The van der Waals surface area contributed by atoms with E-state index in [-0.39, 0.29) is 17.6 Å².